The molecule has 1 aliphatic carbocycles. The highest BCUT2D eigenvalue weighted by atomic mass is 16.6. The Hall–Kier alpha value is -1.55. The van der Waals surface area contributed by atoms with E-state index in [0.29, 0.717) is 24.3 Å². The Morgan fingerprint density at radius 1 is 1.43 bits per heavy atom. The molecule has 3 rings (SSSR count). The fourth-order valence-corrected chi connectivity index (χ4v) is 3.71. The summed E-state index contributed by atoms with van der Waals surface area (Å²) >= 11 is 0. The molecule has 0 spiro atoms. The molecule has 1 aromatic carbocycles. The molecule has 1 saturated heterocycles. The van der Waals surface area contributed by atoms with Crippen LogP contribution >= 0.6 is 0 Å². The first-order valence-electron chi connectivity index (χ1n) is 8.05. The number of rotatable bonds is 4. The number of nitrogens with zero attached hydrogens (tertiary/aromatic N) is 1. The number of fused-ring (bicyclic) bond motifs is 3. The van der Waals surface area contributed by atoms with Crippen LogP contribution in [0.2, 0.25) is 0 Å². The minimum atomic E-state index is -0.354. The lowest BCUT2D eigenvalue weighted by Crippen LogP contribution is -2.30. The van der Waals surface area contributed by atoms with Crippen molar-refractivity contribution >= 4 is 6.09 Å². The van der Waals surface area contributed by atoms with Crippen LogP contribution in [0.1, 0.15) is 43.7 Å². The van der Waals surface area contributed by atoms with E-state index in [1.165, 1.54) is 24.1 Å². The van der Waals surface area contributed by atoms with Gasteiger partial charge in [-0.05, 0) is 55.6 Å². The van der Waals surface area contributed by atoms with Gasteiger partial charge in [0.15, 0.2) is 0 Å². The fraction of sp³-hybridized carbons (Fsp3) is 0.588. The number of hydrogen-bond donors (Lipinski definition) is 1. The van der Waals surface area contributed by atoms with Crippen LogP contribution in [0.4, 0.5) is 4.79 Å². The molecule has 0 radical (unpaired) electrons. The topological polar surface area (TPSA) is 41.6 Å². The molecule has 1 aliphatic heterocycles. The predicted octanol–water partition coefficient (Wildman–Crippen LogP) is 2.92. The number of ether oxygens (including phenoxy) is 1. The summed E-state index contributed by atoms with van der Waals surface area (Å²) < 4.78 is 5.38. The van der Waals surface area contributed by atoms with Gasteiger partial charge in [0.1, 0.15) is 5.75 Å². The van der Waals surface area contributed by atoms with Crippen LogP contribution in [0.3, 0.4) is 0 Å². The zero-order valence-electron chi connectivity index (χ0n) is 12.9. The van der Waals surface area contributed by atoms with Crippen molar-refractivity contribution in [3.05, 3.63) is 29.3 Å². The maximum atomic E-state index is 11.7. The summed E-state index contributed by atoms with van der Waals surface area (Å²) in [6.45, 7) is 7.22. The average Bonchev–Trinajstić information content (AvgIpc) is 3.03. The molecule has 0 bridgehead atoms. The van der Waals surface area contributed by atoms with E-state index >= 15 is 0 Å². The molecule has 1 aromatic rings. The molecule has 1 heterocycles. The molecular weight excluding hydrogens is 264 g/mol. The second kappa shape index (κ2) is 6.06. The highest BCUT2D eigenvalue weighted by molar-refractivity contribution is 5.70. The number of likely N-dealkylation sites (N-methyl/N-ethyl adjacent to an activating group) is 1. The van der Waals surface area contributed by atoms with Crippen molar-refractivity contribution in [1.29, 1.82) is 0 Å². The second-order valence-electron chi connectivity index (χ2n) is 5.97. The molecule has 21 heavy (non-hydrogen) atoms. The second-order valence-corrected chi connectivity index (χ2v) is 5.97. The first kappa shape index (κ1) is 14.4. The van der Waals surface area contributed by atoms with Crippen molar-refractivity contribution in [3.8, 4) is 5.75 Å². The Morgan fingerprint density at radius 2 is 2.29 bits per heavy atom. The summed E-state index contributed by atoms with van der Waals surface area (Å²) in [7, 11) is 0. The highest BCUT2D eigenvalue weighted by Gasteiger charge is 2.40. The monoisotopic (exact) mass is 288 g/mol. The first-order valence-corrected chi connectivity index (χ1v) is 8.05. The number of carbonyl (C=O) groups excluding carboxylic acids is 1. The van der Waals surface area contributed by atoms with Crippen molar-refractivity contribution in [2.75, 3.05) is 19.6 Å². The lowest BCUT2D eigenvalue weighted by Gasteiger charge is -2.21. The molecule has 1 amide bonds. The maximum absolute atomic E-state index is 11.7. The van der Waals surface area contributed by atoms with E-state index in [0.717, 1.165) is 19.4 Å². The summed E-state index contributed by atoms with van der Waals surface area (Å²) in [6, 6.07) is 6.77. The van der Waals surface area contributed by atoms with E-state index in [4.69, 9.17) is 4.74 Å². The van der Waals surface area contributed by atoms with Gasteiger partial charge >= 0.3 is 6.09 Å². The largest absolute Gasteiger partial charge is 0.412 e. The molecule has 114 valence electrons. The van der Waals surface area contributed by atoms with E-state index in [2.05, 4.69) is 29.3 Å². The molecule has 2 aliphatic rings. The van der Waals surface area contributed by atoms with Crippen molar-refractivity contribution in [3.63, 3.8) is 0 Å². The van der Waals surface area contributed by atoms with Crippen LogP contribution in [0.5, 0.6) is 5.75 Å². The van der Waals surface area contributed by atoms with Gasteiger partial charge in [0.05, 0.1) is 0 Å². The van der Waals surface area contributed by atoms with Crippen molar-refractivity contribution < 1.29 is 9.53 Å². The summed E-state index contributed by atoms with van der Waals surface area (Å²) in [4.78, 5) is 14.2. The van der Waals surface area contributed by atoms with Crippen molar-refractivity contribution in [2.45, 2.75) is 45.1 Å². The minimum absolute atomic E-state index is 0.354. The van der Waals surface area contributed by atoms with Crippen molar-refractivity contribution in [2.24, 2.45) is 0 Å². The van der Waals surface area contributed by atoms with Gasteiger partial charge in [0.2, 0.25) is 0 Å². The number of carbonyl (C=O) groups is 1. The summed E-state index contributed by atoms with van der Waals surface area (Å²) in [6.07, 6.45) is 2.91. The lowest BCUT2D eigenvalue weighted by molar-refractivity contribution is 0.200. The standard InChI is InChI=1S/C17H24N2O2/c1-3-8-18-17(20)21-13-6-5-12-10-16-14(15(12)11-13)7-9-19(16)4-2/h5-6,11,14,16H,3-4,7-10H2,1-2H3,(H,18,20)/t14-,16?/m0/s1. The Labute approximate surface area is 126 Å². The number of hydrogen-bond acceptors (Lipinski definition) is 3. The lowest BCUT2D eigenvalue weighted by atomic mass is 9.98. The van der Waals surface area contributed by atoms with E-state index in [1.807, 2.05) is 13.0 Å². The van der Waals surface area contributed by atoms with Gasteiger partial charge < -0.3 is 10.1 Å². The number of nitrogens with one attached hydrogen (secondary N) is 1. The molecule has 0 aromatic heterocycles. The Bertz CT molecular complexity index is 530. The average molecular weight is 288 g/mol. The Balaban J connectivity index is 1.72. The van der Waals surface area contributed by atoms with Gasteiger partial charge in [-0.2, -0.15) is 0 Å². The van der Waals surface area contributed by atoms with Crippen LogP contribution in [0.25, 0.3) is 0 Å². The zero-order valence-corrected chi connectivity index (χ0v) is 12.9. The third kappa shape index (κ3) is 2.77. The van der Waals surface area contributed by atoms with Crippen LogP contribution < -0.4 is 10.1 Å². The van der Waals surface area contributed by atoms with Crippen LogP contribution in [-0.4, -0.2) is 36.7 Å². The third-order valence-electron chi connectivity index (χ3n) is 4.74. The van der Waals surface area contributed by atoms with Crippen LogP contribution in [0.15, 0.2) is 18.2 Å². The summed E-state index contributed by atoms with van der Waals surface area (Å²) in [5.74, 6) is 1.28. The quantitative estimate of drug-likeness (QED) is 0.926. The van der Waals surface area contributed by atoms with Crippen molar-refractivity contribution in [1.82, 2.24) is 10.2 Å². The van der Waals surface area contributed by atoms with E-state index in [1.54, 1.807) is 0 Å². The Kier molecular flexibility index (Phi) is 4.15. The summed E-state index contributed by atoms with van der Waals surface area (Å²) in [5.41, 5.74) is 2.81. The minimum Gasteiger partial charge on any atom is -0.410 e. The van der Waals surface area contributed by atoms with Crippen LogP contribution in [0, 0.1) is 0 Å². The van der Waals surface area contributed by atoms with Crippen LogP contribution in [-0.2, 0) is 6.42 Å². The normalized spacial score (nSPS) is 23.7. The van der Waals surface area contributed by atoms with E-state index < -0.39 is 0 Å². The van der Waals surface area contributed by atoms with Gasteiger partial charge in [-0.15, -0.1) is 0 Å². The Morgan fingerprint density at radius 3 is 3.05 bits per heavy atom. The molecule has 0 saturated carbocycles. The van der Waals surface area contributed by atoms with E-state index in [9.17, 15) is 4.79 Å². The SMILES string of the molecule is CCCNC(=O)Oc1ccc2c(c1)[C@@H]1CCN(CC)C1C2. The predicted molar refractivity (Wildman–Crippen MR) is 82.9 cm³/mol. The number of benzene rings is 1. The molecule has 4 heteroatoms. The molecule has 4 nitrogen and oxygen atoms in total. The number of amides is 1. The molecule has 1 fully saturated rings. The summed E-state index contributed by atoms with van der Waals surface area (Å²) in [5, 5.41) is 2.74. The fourth-order valence-electron chi connectivity index (χ4n) is 3.71. The molecule has 1 unspecified atom stereocenters. The molecule has 2 atom stereocenters. The maximum Gasteiger partial charge on any atom is 0.412 e. The van der Waals surface area contributed by atoms with E-state index in [-0.39, 0.29) is 6.09 Å². The molecule has 1 N–H and O–H groups in total. The van der Waals surface area contributed by atoms with Gasteiger partial charge in [-0.1, -0.05) is 19.9 Å². The first-order chi connectivity index (χ1) is 10.2. The van der Waals surface area contributed by atoms with Gasteiger partial charge in [-0.25, -0.2) is 4.79 Å². The van der Waals surface area contributed by atoms with Gasteiger partial charge in [0, 0.05) is 18.5 Å². The third-order valence-corrected chi connectivity index (χ3v) is 4.74. The van der Waals surface area contributed by atoms with Gasteiger partial charge in [-0.3, -0.25) is 4.90 Å². The highest BCUT2D eigenvalue weighted by Crippen LogP contribution is 2.44. The van der Waals surface area contributed by atoms with Gasteiger partial charge in [0.25, 0.3) is 0 Å². The number of likely N-dealkylation sites (tertiary alicyclic amines) is 1. The molecular formula is C17H24N2O2. The zero-order chi connectivity index (χ0) is 14.8. The smallest absolute Gasteiger partial charge is 0.410 e.